The van der Waals surface area contributed by atoms with Crippen LogP contribution in [0.3, 0.4) is 0 Å². The van der Waals surface area contributed by atoms with E-state index in [9.17, 15) is 9.90 Å². The standard InChI is InChI=1S/C16H22N4O3S/c1-3-18-15(19-9-11-6-7-12(23-11)14(17)21)20-10-16(2,22)13-5-4-8-24-13/h4-8,22H,3,9-10H2,1-2H3,(H2,17,21)(H2,18,19,20). The van der Waals surface area contributed by atoms with Crippen LogP contribution in [-0.2, 0) is 12.1 Å². The molecule has 2 aromatic rings. The Kier molecular flexibility index (Phi) is 5.99. The number of aliphatic hydroxyl groups is 1. The molecule has 0 saturated carbocycles. The van der Waals surface area contributed by atoms with Gasteiger partial charge < -0.3 is 25.9 Å². The van der Waals surface area contributed by atoms with E-state index in [2.05, 4.69) is 15.6 Å². The Morgan fingerprint density at radius 2 is 2.21 bits per heavy atom. The SMILES string of the molecule is CCNC(=NCc1ccc(C(N)=O)o1)NCC(C)(O)c1cccs1. The lowest BCUT2D eigenvalue weighted by atomic mass is 10.1. The van der Waals surface area contributed by atoms with Gasteiger partial charge in [-0.1, -0.05) is 6.07 Å². The number of nitrogens with one attached hydrogen (secondary N) is 2. The van der Waals surface area contributed by atoms with Gasteiger partial charge in [0, 0.05) is 11.4 Å². The molecule has 0 radical (unpaired) electrons. The minimum absolute atomic E-state index is 0.110. The lowest BCUT2D eigenvalue weighted by Crippen LogP contribution is -2.44. The highest BCUT2D eigenvalue weighted by atomic mass is 32.1. The van der Waals surface area contributed by atoms with E-state index >= 15 is 0 Å². The molecule has 8 heteroatoms. The fourth-order valence-corrected chi connectivity index (χ4v) is 2.81. The normalized spacial score (nSPS) is 14.2. The number of hydrogen-bond donors (Lipinski definition) is 4. The maximum absolute atomic E-state index is 11.0. The molecule has 0 aliphatic rings. The molecule has 1 unspecified atom stereocenters. The zero-order chi connectivity index (χ0) is 17.6. The molecular formula is C16H22N4O3S. The average molecular weight is 350 g/mol. The van der Waals surface area contributed by atoms with Gasteiger partial charge in [-0.2, -0.15) is 0 Å². The Balaban J connectivity index is 1.98. The number of amides is 1. The van der Waals surface area contributed by atoms with Crippen LogP contribution in [0.5, 0.6) is 0 Å². The lowest BCUT2D eigenvalue weighted by Gasteiger charge is -2.23. The minimum atomic E-state index is -0.992. The molecular weight excluding hydrogens is 328 g/mol. The Labute approximate surface area is 144 Å². The highest BCUT2D eigenvalue weighted by Gasteiger charge is 2.24. The van der Waals surface area contributed by atoms with Crippen LogP contribution in [0.25, 0.3) is 0 Å². The third kappa shape index (κ3) is 4.84. The van der Waals surface area contributed by atoms with Crippen molar-refractivity contribution in [1.82, 2.24) is 10.6 Å². The van der Waals surface area contributed by atoms with Gasteiger partial charge >= 0.3 is 0 Å². The number of furan rings is 1. The number of guanidine groups is 1. The molecule has 2 heterocycles. The minimum Gasteiger partial charge on any atom is -0.454 e. The number of rotatable bonds is 7. The first-order valence-electron chi connectivity index (χ1n) is 7.59. The fraction of sp³-hybridized carbons (Fsp3) is 0.375. The van der Waals surface area contributed by atoms with E-state index in [1.54, 1.807) is 13.0 Å². The van der Waals surface area contributed by atoms with Crippen LogP contribution in [0.2, 0.25) is 0 Å². The monoisotopic (exact) mass is 350 g/mol. The van der Waals surface area contributed by atoms with Crippen LogP contribution in [0, 0.1) is 0 Å². The van der Waals surface area contributed by atoms with Gasteiger partial charge in [0.25, 0.3) is 5.91 Å². The van der Waals surface area contributed by atoms with Crippen molar-refractivity contribution < 1.29 is 14.3 Å². The summed E-state index contributed by atoms with van der Waals surface area (Å²) in [6, 6.07) is 6.98. The number of aliphatic imine (C=N–C) groups is 1. The molecule has 0 aliphatic heterocycles. The van der Waals surface area contributed by atoms with Crippen molar-refractivity contribution in [2.24, 2.45) is 10.7 Å². The first-order chi connectivity index (χ1) is 11.4. The van der Waals surface area contributed by atoms with Crippen molar-refractivity contribution in [3.05, 3.63) is 46.0 Å². The van der Waals surface area contributed by atoms with Crippen molar-refractivity contribution in [2.75, 3.05) is 13.1 Å². The van der Waals surface area contributed by atoms with Crippen molar-refractivity contribution in [3.8, 4) is 0 Å². The van der Waals surface area contributed by atoms with E-state index in [0.29, 0.717) is 24.8 Å². The molecule has 0 fully saturated rings. The zero-order valence-corrected chi connectivity index (χ0v) is 14.5. The van der Waals surface area contributed by atoms with Gasteiger partial charge in [-0.15, -0.1) is 11.3 Å². The molecule has 0 bridgehead atoms. The Morgan fingerprint density at radius 1 is 1.42 bits per heavy atom. The van der Waals surface area contributed by atoms with Crippen LogP contribution in [0.4, 0.5) is 0 Å². The van der Waals surface area contributed by atoms with E-state index in [-0.39, 0.29) is 12.3 Å². The molecule has 1 amide bonds. The Morgan fingerprint density at radius 3 is 2.79 bits per heavy atom. The highest BCUT2D eigenvalue weighted by molar-refractivity contribution is 7.10. The van der Waals surface area contributed by atoms with Crippen molar-refractivity contribution >= 4 is 23.2 Å². The predicted octanol–water partition coefficient (Wildman–Crippen LogP) is 1.40. The smallest absolute Gasteiger partial charge is 0.284 e. The maximum atomic E-state index is 11.0. The quantitative estimate of drug-likeness (QED) is 0.445. The van der Waals surface area contributed by atoms with Crippen LogP contribution in [0.15, 0.2) is 39.1 Å². The molecule has 0 aromatic carbocycles. The topological polar surface area (TPSA) is 113 Å². The van der Waals surface area contributed by atoms with Gasteiger partial charge in [0.1, 0.15) is 17.9 Å². The predicted molar refractivity (Wildman–Crippen MR) is 93.9 cm³/mol. The van der Waals surface area contributed by atoms with Crippen LogP contribution >= 0.6 is 11.3 Å². The van der Waals surface area contributed by atoms with Crippen LogP contribution in [0.1, 0.15) is 35.0 Å². The molecule has 0 spiro atoms. The first-order valence-corrected chi connectivity index (χ1v) is 8.47. The highest BCUT2D eigenvalue weighted by Crippen LogP contribution is 2.24. The van der Waals surface area contributed by atoms with Gasteiger partial charge in [0.2, 0.25) is 0 Å². The molecule has 0 aliphatic carbocycles. The second-order valence-corrected chi connectivity index (χ2v) is 6.38. The molecule has 1 atom stereocenters. The summed E-state index contributed by atoms with van der Waals surface area (Å²) in [7, 11) is 0. The summed E-state index contributed by atoms with van der Waals surface area (Å²) >= 11 is 1.50. The van der Waals surface area contributed by atoms with Gasteiger partial charge in [-0.05, 0) is 37.4 Å². The van der Waals surface area contributed by atoms with Crippen LogP contribution < -0.4 is 16.4 Å². The zero-order valence-electron chi connectivity index (χ0n) is 13.7. The maximum Gasteiger partial charge on any atom is 0.284 e. The summed E-state index contributed by atoms with van der Waals surface area (Å²) in [6.45, 7) is 4.94. The van der Waals surface area contributed by atoms with Gasteiger partial charge in [-0.25, -0.2) is 4.99 Å². The molecule has 2 rings (SSSR count). The van der Waals surface area contributed by atoms with Crippen molar-refractivity contribution in [2.45, 2.75) is 26.0 Å². The second kappa shape index (κ2) is 7.98. The number of primary amides is 1. The van der Waals surface area contributed by atoms with E-state index in [1.165, 1.54) is 17.4 Å². The summed E-state index contributed by atoms with van der Waals surface area (Å²) in [5, 5.41) is 18.7. The molecule has 7 nitrogen and oxygen atoms in total. The Bertz CT molecular complexity index is 692. The summed E-state index contributed by atoms with van der Waals surface area (Å²) in [6.07, 6.45) is 0. The third-order valence-corrected chi connectivity index (χ3v) is 4.42. The molecule has 2 aromatic heterocycles. The number of thiophene rings is 1. The summed E-state index contributed by atoms with van der Waals surface area (Å²) in [4.78, 5) is 16.3. The van der Waals surface area contributed by atoms with Crippen LogP contribution in [-0.4, -0.2) is 30.1 Å². The van der Waals surface area contributed by atoms with Gasteiger partial charge in [-0.3, -0.25) is 4.79 Å². The Hall–Kier alpha value is -2.32. The van der Waals surface area contributed by atoms with E-state index in [4.69, 9.17) is 10.2 Å². The summed E-state index contributed by atoms with van der Waals surface area (Å²) < 4.78 is 5.29. The second-order valence-electron chi connectivity index (χ2n) is 5.43. The number of nitrogens with zero attached hydrogens (tertiary/aromatic N) is 1. The molecule has 24 heavy (non-hydrogen) atoms. The number of hydrogen-bond acceptors (Lipinski definition) is 5. The first kappa shape index (κ1) is 18.0. The van der Waals surface area contributed by atoms with E-state index < -0.39 is 11.5 Å². The largest absolute Gasteiger partial charge is 0.454 e. The summed E-state index contributed by atoms with van der Waals surface area (Å²) in [5.74, 6) is 0.582. The summed E-state index contributed by atoms with van der Waals surface area (Å²) in [5.41, 5.74) is 4.16. The third-order valence-electron chi connectivity index (χ3n) is 3.29. The number of carbonyl (C=O) groups is 1. The average Bonchev–Trinajstić information content (AvgIpc) is 3.21. The number of carbonyl (C=O) groups excluding carboxylic acids is 1. The fourth-order valence-electron chi connectivity index (χ4n) is 2.02. The molecule has 5 N–H and O–H groups in total. The van der Waals surface area contributed by atoms with Crippen molar-refractivity contribution in [1.29, 1.82) is 0 Å². The number of nitrogens with two attached hydrogens (primary N) is 1. The molecule has 0 saturated heterocycles. The van der Waals surface area contributed by atoms with E-state index in [1.807, 2.05) is 24.4 Å². The lowest BCUT2D eigenvalue weighted by molar-refractivity contribution is 0.0655. The van der Waals surface area contributed by atoms with E-state index in [0.717, 1.165) is 4.88 Å². The van der Waals surface area contributed by atoms with Gasteiger partial charge in [0.05, 0.1) is 6.54 Å². The van der Waals surface area contributed by atoms with Gasteiger partial charge in [0.15, 0.2) is 11.7 Å². The molecule has 130 valence electrons. The van der Waals surface area contributed by atoms with Crippen molar-refractivity contribution in [3.63, 3.8) is 0 Å².